The normalized spacial score (nSPS) is 29.0. The number of hydrogen-bond acceptors (Lipinski definition) is 6. The summed E-state index contributed by atoms with van der Waals surface area (Å²) < 4.78 is 12.1. The molecule has 0 saturated heterocycles. The summed E-state index contributed by atoms with van der Waals surface area (Å²) >= 11 is 0. The van der Waals surface area contributed by atoms with Crippen LogP contribution in [0.2, 0.25) is 0 Å². The van der Waals surface area contributed by atoms with E-state index >= 15 is 0 Å². The van der Waals surface area contributed by atoms with Crippen molar-refractivity contribution in [3.05, 3.63) is 18.5 Å². The summed E-state index contributed by atoms with van der Waals surface area (Å²) in [5, 5.41) is 10.8. The first-order chi connectivity index (χ1) is 7.66. The lowest BCUT2D eigenvalue weighted by Crippen LogP contribution is -2.34. The topological polar surface area (TPSA) is 79.1 Å². The monoisotopic (exact) mass is 224 g/mol. The molecular formula is C9H12N4O3. The van der Waals surface area contributed by atoms with Crippen LogP contribution in [0.25, 0.3) is 0 Å². The van der Waals surface area contributed by atoms with Crippen LogP contribution >= 0.6 is 0 Å². The quantitative estimate of drug-likeness (QED) is 0.522. The number of tetrazole rings is 1. The molecule has 7 heteroatoms. The Morgan fingerprint density at radius 1 is 1.50 bits per heavy atom. The van der Waals surface area contributed by atoms with Gasteiger partial charge in [-0.3, -0.25) is 4.79 Å². The molecule has 0 bridgehead atoms. The molecule has 16 heavy (non-hydrogen) atoms. The number of nitrogens with zero attached hydrogens (tertiary/aromatic N) is 4. The van der Waals surface area contributed by atoms with E-state index in [1.807, 2.05) is 6.92 Å². The molecule has 0 saturated carbocycles. The number of esters is 1. The molecule has 1 aliphatic heterocycles. The lowest BCUT2D eigenvalue weighted by atomic mass is 10.1. The Bertz CT molecular complexity index is 389. The van der Waals surface area contributed by atoms with Crippen molar-refractivity contribution in [2.45, 2.75) is 32.3 Å². The van der Waals surface area contributed by atoms with Crippen LogP contribution in [-0.2, 0) is 14.3 Å². The molecule has 2 heterocycles. The predicted octanol–water partition coefficient (Wildman–Crippen LogP) is 0.0783. The second kappa shape index (κ2) is 4.40. The summed E-state index contributed by atoms with van der Waals surface area (Å²) in [5.74, 6) is -0.328. The molecule has 1 aliphatic rings. The Balaban J connectivity index is 2.06. The first-order valence-corrected chi connectivity index (χ1v) is 4.90. The van der Waals surface area contributed by atoms with E-state index in [9.17, 15) is 4.79 Å². The molecule has 0 aromatic carbocycles. The smallest absolute Gasteiger partial charge is 0.303 e. The van der Waals surface area contributed by atoms with Gasteiger partial charge in [-0.05, 0) is 29.5 Å². The summed E-state index contributed by atoms with van der Waals surface area (Å²) in [5.41, 5.74) is 0. The van der Waals surface area contributed by atoms with Crippen LogP contribution in [0.3, 0.4) is 0 Å². The molecule has 0 amide bonds. The Hall–Kier alpha value is -1.76. The molecule has 0 N–H and O–H groups in total. The molecule has 3 atom stereocenters. The van der Waals surface area contributed by atoms with Crippen molar-refractivity contribution < 1.29 is 14.3 Å². The lowest BCUT2D eigenvalue weighted by Gasteiger charge is -2.28. The van der Waals surface area contributed by atoms with Crippen LogP contribution in [0.4, 0.5) is 0 Å². The molecular weight excluding hydrogens is 212 g/mol. The van der Waals surface area contributed by atoms with Crippen molar-refractivity contribution in [1.29, 1.82) is 0 Å². The van der Waals surface area contributed by atoms with E-state index in [4.69, 9.17) is 9.47 Å². The van der Waals surface area contributed by atoms with Crippen molar-refractivity contribution in [3.63, 3.8) is 0 Å². The van der Waals surface area contributed by atoms with Crippen LogP contribution < -0.4 is 0 Å². The highest BCUT2D eigenvalue weighted by Gasteiger charge is 2.26. The van der Waals surface area contributed by atoms with Gasteiger partial charge in [0.25, 0.3) is 0 Å². The van der Waals surface area contributed by atoms with Crippen molar-refractivity contribution in [2.75, 3.05) is 0 Å². The molecule has 0 aliphatic carbocycles. The van der Waals surface area contributed by atoms with Gasteiger partial charge >= 0.3 is 5.97 Å². The minimum atomic E-state index is -0.356. The second-order valence-electron chi connectivity index (χ2n) is 3.48. The largest absolute Gasteiger partial charge is 0.456 e. The van der Waals surface area contributed by atoms with E-state index < -0.39 is 0 Å². The molecule has 2 rings (SSSR count). The number of carbonyl (C=O) groups excluding carboxylic acids is 1. The molecule has 0 radical (unpaired) electrons. The average molecular weight is 224 g/mol. The van der Waals surface area contributed by atoms with E-state index in [-0.39, 0.29) is 24.4 Å². The lowest BCUT2D eigenvalue weighted by molar-refractivity contribution is -0.156. The molecule has 0 spiro atoms. The third-order valence-corrected chi connectivity index (χ3v) is 2.21. The highest BCUT2D eigenvalue weighted by atomic mass is 16.6. The summed E-state index contributed by atoms with van der Waals surface area (Å²) in [7, 11) is 0. The van der Waals surface area contributed by atoms with Gasteiger partial charge in [0.15, 0.2) is 6.23 Å². The molecule has 7 nitrogen and oxygen atoms in total. The van der Waals surface area contributed by atoms with Gasteiger partial charge in [0.2, 0.25) is 0 Å². The zero-order chi connectivity index (χ0) is 11.5. The van der Waals surface area contributed by atoms with E-state index in [1.54, 1.807) is 12.2 Å². The molecule has 0 fully saturated rings. The predicted molar refractivity (Wildman–Crippen MR) is 52.1 cm³/mol. The Kier molecular flexibility index (Phi) is 2.95. The molecule has 1 aromatic heterocycles. The third-order valence-electron chi connectivity index (χ3n) is 2.21. The van der Waals surface area contributed by atoms with E-state index in [0.717, 1.165) is 0 Å². The zero-order valence-corrected chi connectivity index (χ0v) is 8.98. The maximum Gasteiger partial charge on any atom is 0.303 e. The Morgan fingerprint density at radius 2 is 2.31 bits per heavy atom. The van der Waals surface area contributed by atoms with Gasteiger partial charge in [-0.1, -0.05) is 0 Å². The fourth-order valence-electron chi connectivity index (χ4n) is 1.47. The van der Waals surface area contributed by atoms with Gasteiger partial charge in [-0.25, -0.2) is 4.68 Å². The van der Waals surface area contributed by atoms with Crippen molar-refractivity contribution in [3.8, 4) is 0 Å². The molecule has 86 valence electrons. The zero-order valence-electron chi connectivity index (χ0n) is 8.98. The first kappa shape index (κ1) is 10.7. The van der Waals surface area contributed by atoms with E-state index in [1.165, 1.54) is 17.9 Å². The van der Waals surface area contributed by atoms with Gasteiger partial charge in [-0.15, -0.1) is 5.10 Å². The second-order valence-corrected chi connectivity index (χ2v) is 3.48. The van der Waals surface area contributed by atoms with Gasteiger partial charge in [-0.2, -0.15) is 0 Å². The highest BCUT2D eigenvalue weighted by molar-refractivity contribution is 5.66. The SMILES string of the molecule is CC(=O)O[C@@H]1C=CC(n2cnnn2)O[C@H]1C. The summed E-state index contributed by atoms with van der Waals surface area (Å²) in [6.45, 7) is 3.20. The van der Waals surface area contributed by atoms with Crippen molar-refractivity contribution in [2.24, 2.45) is 0 Å². The fraction of sp³-hybridized carbons (Fsp3) is 0.556. The summed E-state index contributed by atoms with van der Waals surface area (Å²) in [4.78, 5) is 10.8. The number of hydrogen-bond donors (Lipinski definition) is 0. The number of carbonyl (C=O) groups is 1. The Labute approximate surface area is 92.0 Å². The van der Waals surface area contributed by atoms with Crippen LogP contribution in [0, 0.1) is 0 Å². The van der Waals surface area contributed by atoms with Gasteiger partial charge in [0, 0.05) is 6.92 Å². The van der Waals surface area contributed by atoms with Gasteiger partial charge in [0.05, 0.1) is 6.10 Å². The minimum Gasteiger partial charge on any atom is -0.456 e. The first-order valence-electron chi connectivity index (χ1n) is 4.90. The molecule has 1 unspecified atom stereocenters. The summed E-state index contributed by atoms with van der Waals surface area (Å²) in [6, 6.07) is 0. The van der Waals surface area contributed by atoms with Gasteiger partial charge < -0.3 is 9.47 Å². The van der Waals surface area contributed by atoms with Crippen LogP contribution in [0.15, 0.2) is 18.5 Å². The van der Waals surface area contributed by atoms with Gasteiger partial charge in [0.1, 0.15) is 12.4 Å². The van der Waals surface area contributed by atoms with Crippen molar-refractivity contribution >= 4 is 5.97 Å². The van der Waals surface area contributed by atoms with E-state index in [2.05, 4.69) is 15.5 Å². The maximum atomic E-state index is 10.8. The number of rotatable bonds is 2. The Morgan fingerprint density at radius 3 is 2.88 bits per heavy atom. The summed E-state index contributed by atoms with van der Waals surface area (Å²) in [6.07, 6.45) is 4.06. The fourth-order valence-corrected chi connectivity index (χ4v) is 1.47. The maximum absolute atomic E-state index is 10.8. The minimum absolute atomic E-state index is 0.233. The average Bonchev–Trinajstić information content (AvgIpc) is 2.73. The van der Waals surface area contributed by atoms with Crippen LogP contribution in [-0.4, -0.2) is 38.4 Å². The van der Waals surface area contributed by atoms with Crippen LogP contribution in [0.1, 0.15) is 20.1 Å². The highest BCUT2D eigenvalue weighted by Crippen LogP contribution is 2.21. The van der Waals surface area contributed by atoms with Crippen molar-refractivity contribution in [1.82, 2.24) is 20.2 Å². The molecule has 1 aromatic rings. The van der Waals surface area contributed by atoms with E-state index in [0.29, 0.717) is 0 Å². The third kappa shape index (κ3) is 2.25. The number of aromatic nitrogens is 4. The number of ether oxygens (including phenoxy) is 2. The van der Waals surface area contributed by atoms with Crippen LogP contribution in [0.5, 0.6) is 0 Å². The standard InChI is InChI=1S/C9H12N4O3/c1-6-8(16-7(2)14)3-4-9(15-6)13-5-10-11-12-13/h3-6,8-9H,1-2H3/t6-,8+,9?/m0/s1.